The quantitative estimate of drug-likeness (QED) is 0.889. The normalized spacial score (nSPS) is 12.2. The highest BCUT2D eigenvalue weighted by molar-refractivity contribution is 9.10. The van der Waals surface area contributed by atoms with E-state index in [0.29, 0.717) is 4.47 Å². The van der Waals surface area contributed by atoms with E-state index in [0.717, 1.165) is 16.8 Å². The number of aryl methyl sites for hydroxylation is 1. The molecule has 19 heavy (non-hydrogen) atoms. The summed E-state index contributed by atoms with van der Waals surface area (Å²) in [5.41, 5.74) is 2.90. The number of aliphatic hydroxyl groups excluding tert-OH is 1. The zero-order valence-electron chi connectivity index (χ0n) is 10.5. The van der Waals surface area contributed by atoms with Crippen molar-refractivity contribution in [2.24, 2.45) is 0 Å². The van der Waals surface area contributed by atoms with E-state index in [1.54, 1.807) is 12.1 Å². The number of hydrogen-bond donors (Lipinski definition) is 2. The van der Waals surface area contributed by atoms with Gasteiger partial charge in [0.05, 0.1) is 17.1 Å². The number of nitrogens with one attached hydrogen (secondary N) is 1. The van der Waals surface area contributed by atoms with Crippen LogP contribution in [0, 0.1) is 12.7 Å². The van der Waals surface area contributed by atoms with Crippen molar-refractivity contribution >= 4 is 21.6 Å². The third kappa shape index (κ3) is 3.55. The van der Waals surface area contributed by atoms with Gasteiger partial charge in [0.15, 0.2) is 0 Å². The number of halogens is 2. The molecule has 0 saturated heterocycles. The van der Waals surface area contributed by atoms with Crippen molar-refractivity contribution in [1.29, 1.82) is 0 Å². The second kappa shape index (κ2) is 6.17. The summed E-state index contributed by atoms with van der Waals surface area (Å²) in [6, 6.07) is 12.4. The van der Waals surface area contributed by atoms with E-state index in [2.05, 4.69) is 21.2 Å². The predicted molar refractivity (Wildman–Crippen MR) is 78.7 cm³/mol. The topological polar surface area (TPSA) is 32.3 Å². The summed E-state index contributed by atoms with van der Waals surface area (Å²) in [7, 11) is 0. The molecule has 0 aliphatic rings. The third-order valence-corrected chi connectivity index (χ3v) is 3.50. The molecule has 2 aromatic rings. The Kier molecular flexibility index (Phi) is 4.56. The van der Waals surface area contributed by atoms with Gasteiger partial charge in [0.25, 0.3) is 0 Å². The first-order valence-electron chi connectivity index (χ1n) is 5.99. The molecule has 0 aliphatic heterocycles. The fourth-order valence-electron chi connectivity index (χ4n) is 1.90. The van der Waals surface area contributed by atoms with E-state index in [4.69, 9.17) is 0 Å². The van der Waals surface area contributed by atoms with Crippen molar-refractivity contribution in [3.63, 3.8) is 0 Å². The molecule has 1 unspecified atom stereocenters. The van der Waals surface area contributed by atoms with Crippen LogP contribution in [0.2, 0.25) is 0 Å². The lowest BCUT2D eigenvalue weighted by molar-refractivity contribution is 0.276. The molecular weight excluding hydrogens is 309 g/mol. The molecule has 0 bridgehead atoms. The summed E-state index contributed by atoms with van der Waals surface area (Å²) in [5, 5.41) is 12.7. The monoisotopic (exact) mass is 323 g/mol. The SMILES string of the molecule is Cc1cccc(NC(CO)c2ccc(F)c(Br)c2)c1. The molecule has 0 amide bonds. The Hall–Kier alpha value is -1.39. The van der Waals surface area contributed by atoms with Crippen molar-refractivity contribution in [3.05, 3.63) is 63.9 Å². The molecule has 0 saturated carbocycles. The number of hydrogen-bond acceptors (Lipinski definition) is 2. The number of benzene rings is 2. The van der Waals surface area contributed by atoms with Crippen molar-refractivity contribution in [1.82, 2.24) is 0 Å². The lowest BCUT2D eigenvalue weighted by Gasteiger charge is -2.18. The smallest absolute Gasteiger partial charge is 0.137 e. The molecule has 0 fully saturated rings. The zero-order chi connectivity index (χ0) is 13.8. The van der Waals surface area contributed by atoms with Gasteiger partial charge in [-0.05, 0) is 58.2 Å². The molecule has 0 radical (unpaired) electrons. The summed E-state index contributed by atoms with van der Waals surface area (Å²) in [5.74, 6) is -0.309. The molecule has 2 rings (SSSR count). The summed E-state index contributed by atoms with van der Waals surface area (Å²) in [6.45, 7) is 1.94. The molecule has 0 aliphatic carbocycles. The molecule has 1 atom stereocenters. The molecule has 0 aromatic heterocycles. The zero-order valence-corrected chi connectivity index (χ0v) is 12.1. The molecule has 4 heteroatoms. The molecule has 0 heterocycles. The minimum absolute atomic E-state index is 0.0635. The third-order valence-electron chi connectivity index (χ3n) is 2.89. The predicted octanol–water partition coefficient (Wildman–Crippen LogP) is 4.04. The maximum Gasteiger partial charge on any atom is 0.137 e. The van der Waals surface area contributed by atoms with Crippen LogP contribution >= 0.6 is 15.9 Å². The van der Waals surface area contributed by atoms with Crippen molar-refractivity contribution in [3.8, 4) is 0 Å². The van der Waals surface area contributed by atoms with Gasteiger partial charge in [0, 0.05) is 5.69 Å². The summed E-state index contributed by atoms with van der Waals surface area (Å²) < 4.78 is 13.6. The number of aliphatic hydroxyl groups is 1. The average molecular weight is 324 g/mol. The van der Waals surface area contributed by atoms with Gasteiger partial charge in [0.1, 0.15) is 5.82 Å². The van der Waals surface area contributed by atoms with Crippen LogP contribution in [0.25, 0.3) is 0 Å². The first-order chi connectivity index (χ1) is 9.10. The van der Waals surface area contributed by atoms with E-state index in [-0.39, 0.29) is 18.5 Å². The molecule has 2 N–H and O–H groups in total. The average Bonchev–Trinajstić information content (AvgIpc) is 2.39. The maximum absolute atomic E-state index is 13.2. The lowest BCUT2D eigenvalue weighted by atomic mass is 10.1. The Balaban J connectivity index is 2.22. The Labute approximate surface area is 120 Å². The highest BCUT2D eigenvalue weighted by atomic mass is 79.9. The second-order valence-electron chi connectivity index (χ2n) is 4.42. The fraction of sp³-hybridized carbons (Fsp3) is 0.200. The van der Waals surface area contributed by atoms with Crippen molar-refractivity contribution < 1.29 is 9.50 Å². The van der Waals surface area contributed by atoms with E-state index in [1.165, 1.54) is 6.07 Å². The highest BCUT2D eigenvalue weighted by Gasteiger charge is 2.12. The van der Waals surface area contributed by atoms with Crippen LogP contribution < -0.4 is 5.32 Å². The fourth-order valence-corrected chi connectivity index (χ4v) is 2.30. The van der Waals surface area contributed by atoms with Gasteiger partial charge in [0.2, 0.25) is 0 Å². The molecule has 100 valence electrons. The second-order valence-corrected chi connectivity index (χ2v) is 5.28. The maximum atomic E-state index is 13.2. The van der Waals surface area contributed by atoms with Gasteiger partial charge >= 0.3 is 0 Å². The Morgan fingerprint density at radius 3 is 2.68 bits per heavy atom. The van der Waals surface area contributed by atoms with Gasteiger partial charge < -0.3 is 10.4 Å². The van der Waals surface area contributed by atoms with Gasteiger partial charge in [-0.25, -0.2) is 4.39 Å². The van der Waals surface area contributed by atoms with Crippen LogP contribution in [0.15, 0.2) is 46.9 Å². The van der Waals surface area contributed by atoms with E-state index in [9.17, 15) is 9.50 Å². The van der Waals surface area contributed by atoms with Crippen LogP contribution in [0.1, 0.15) is 17.2 Å². The molecule has 2 aromatic carbocycles. The van der Waals surface area contributed by atoms with Crippen LogP contribution in [0.3, 0.4) is 0 Å². The van der Waals surface area contributed by atoms with Crippen LogP contribution in [0.5, 0.6) is 0 Å². The summed E-state index contributed by atoms with van der Waals surface area (Å²) in [4.78, 5) is 0. The Morgan fingerprint density at radius 1 is 1.26 bits per heavy atom. The van der Waals surface area contributed by atoms with E-state index < -0.39 is 0 Å². The van der Waals surface area contributed by atoms with Gasteiger partial charge in [-0.2, -0.15) is 0 Å². The Bertz CT molecular complexity index is 574. The van der Waals surface area contributed by atoms with E-state index >= 15 is 0 Å². The molecule has 0 spiro atoms. The molecular formula is C15H15BrFNO. The van der Waals surface area contributed by atoms with Crippen molar-refractivity contribution in [2.75, 3.05) is 11.9 Å². The summed E-state index contributed by atoms with van der Waals surface area (Å²) in [6.07, 6.45) is 0. The van der Waals surface area contributed by atoms with Crippen molar-refractivity contribution in [2.45, 2.75) is 13.0 Å². The van der Waals surface area contributed by atoms with Gasteiger partial charge in [-0.15, -0.1) is 0 Å². The lowest BCUT2D eigenvalue weighted by Crippen LogP contribution is -2.15. The first-order valence-corrected chi connectivity index (χ1v) is 6.78. The summed E-state index contributed by atoms with van der Waals surface area (Å²) >= 11 is 3.16. The van der Waals surface area contributed by atoms with Crippen LogP contribution in [-0.2, 0) is 0 Å². The van der Waals surface area contributed by atoms with Gasteiger partial charge in [-0.3, -0.25) is 0 Å². The minimum Gasteiger partial charge on any atom is -0.394 e. The number of anilines is 1. The van der Waals surface area contributed by atoms with E-state index in [1.807, 2.05) is 31.2 Å². The largest absolute Gasteiger partial charge is 0.394 e. The number of rotatable bonds is 4. The highest BCUT2D eigenvalue weighted by Crippen LogP contribution is 2.24. The Morgan fingerprint density at radius 2 is 2.05 bits per heavy atom. The van der Waals surface area contributed by atoms with Crippen LogP contribution in [-0.4, -0.2) is 11.7 Å². The van der Waals surface area contributed by atoms with Crippen LogP contribution in [0.4, 0.5) is 10.1 Å². The van der Waals surface area contributed by atoms with Gasteiger partial charge in [-0.1, -0.05) is 18.2 Å². The first kappa shape index (κ1) is 14.0. The standard InChI is InChI=1S/C15H15BrFNO/c1-10-3-2-4-12(7-10)18-15(9-19)11-5-6-14(17)13(16)8-11/h2-8,15,18-19H,9H2,1H3. The minimum atomic E-state index is -0.309. The molecule has 2 nitrogen and oxygen atoms in total.